The molecule has 1 aliphatic rings. The highest BCUT2D eigenvalue weighted by molar-refractivity contribution is 6.34. The number of para-hydroxylation sites is 1. The number of rotatable bonds is 9. The van der Waals surface area contributed by atoms with E-state index in [1.54, 1.807) is 47.4 Å². The molecule has 0 saturated heterocycles. The molecule has 4 rings (SSSR count). The second-order valence-electron chi connectivity index (χ2n) is 9.37. The zero-order chi connectivity index (χ0) is 26.9. The number of benzene rings is 3. The third kappa shape index (κ3) is 7.13. The molecule has 0 spiro atoms. The Morgan fingerprint density at radius 2 is 1.66 bits per heavy atom. The van der Waals surface area contributed by atoms with Crippen molar-refractivity contribution in [3.8, 4) is 0 Å². The van der Waals surface area contributed by atoms with Crippen LogP contribution in [0.25, 0.3) is 0 Å². The molecule has 8 heteroatoms. The van der Waals surface area contributed by atoms with E-state index in [1.807, 2.05) is 37.3 Å². The number of anilines is 3. The third-order valence-electron chi connectivity index (χ3n) is 6.63. The normalized spacial score (nSPS) is 13.4. The van der Waals surface area contributed by atoms with E-state index in [1.165, 1.54) is 6.42 Å². The van der Waals surface area contributed by atoms with Gasteiger partial charge in [-0.15, -0.1) is 0 Å². The van der Waals surface area contributed by atoms with Gasteiger partial charge in [-0.2, -0.15) is 0 Å². The van der Waals surface area contributed by atoms with E-state index in [-0.39, 0.29) is 30.3 Å². The molecule has 0 aromatic heterocycles. The number of nitrogens with zero attached hydrogens (tertiary/aromatic N) is 1. The van der Waals surface area contributed by atoms with Crippen molar-refractivity contribution in [2.24, 2.45) is 0 Å². The number of nitrogens with one attached hydrogen (secondary N) is 3. The fourth-order valence-electron chi connectivity index (χ4n) is 4.64. The molecule has 1 aliphatic carbocycles. The van der Waals surface area contributed by atoms with Gasteiger partial charge in [-0.3, -0.25) is 14.4 Å². The Morgan fingerprint density at radius 3 is 2.39 bits per heavy atom. The van der Waals surface area contributed by atoms with Gasteiger partial charge in [0.2, 0.25) is 5.91 Å². The van der Waals surface area contributed by atoms with Gasteiger partial charge in [0.15, 0.2) is 0 Å². The van der Waals surface area contributed by atoms with E-state index >= 15 is 0 Å². The Kier molecular flexibility index (Phi) is 9.38. The van der Waals surface area contributed by atoms with Crippen LogP contribution < -0.4 is 20.9 Å². The summed E-state index contributed by atoms with van der Waals surface area (Å²) in [5, 5.41) is 9.32. The molecule has 198 valence electrons. The molecule has 0 atom stereocenters. The summed E-state index contributed by atoms with van der Waals surface area (Å²) in [7, 11) is 0. The summed E-state index contributed by atoms with van der Waals surface area (Å²) in [5.74, 6) is -0.630. The van der Waals surface area contributed by atoms with Crippen LogP contribution in [0.1, 0.15) is 59.7 Å². The van der Waals surface area contributed by atoms with Crippen molar-refractivity contribution in [2.75, 3.05) is 28.6 Å². The van der Waals surface area contributed by atoms with Crippen molar-refractivity contribution in [2.45, 2.75) is 45.1 Å². The van der Waals surface area contributed by atoms with Gasteiger partial charge in [-0.1, -0.05) is 55.1 Å². The first-order valence-electron chi connectivity index (χ1n) is 13.1. The Morgan fingerprint density at radius 1 is 0.895 bits per heavy atom. The lowest BCUT2D eigenvalue weighted by molar-refractivity contribution is -0.114. The Balaban J connectivity index is 1.35. The summed E-state index contributed by atoms with van der Waals surface area (Å²) < 4.78 is 0. The topological polar surface area (TPSA) is 90.5 Å². The molecular formula is C30H33ClN4O3. The summed E-state index contributed by atoms with van der Waals surface area (Å²) in [6, 6.07) is 21.6. The predicted molar refractivity (Wildman–Crippen MR) is 153 cm³/mol. The van der Waals surface area contributed by atoms with Crippen LogP contribution in [-0.2, 0) is 4.79 Å². The molecular weight excluding hydrogens is 500 g/mol. The molecule has 0 radical (unpaired) electrons. The van der Waals surface area contributed by atoms with Crippen LogP contribution >= 0.6 is 11.6 Å². The van der Waals surface area contributed by atoms with Crippen molar-refractivity contribution in [1.29, 1.82) is 0 Å². The molecule has 3 aromatic rings. The van der Waals surface area contributed by atoms with Crippen molar-refractivity contribution in [3.63, 3.8) is 0 Å². The van der Waals surface area contributed by atoms with Crippen molar-refractivity contribution in [1.82, 2.24) is 5.32 Å². The Labute approximate surface area is 228 Å². The molecule has 0 unspecified atom stereocenters. The van der Waals surface area contributed by atoms with E-state index in [9.17, 15) is 14.4 Å². The van der Waals surface area contributed by atoms with Crippen LogP contribution in [0.5, 0.6) is 0 Å². The zero-order valence-electron chi connectivity index (χ0n) is 21.5. The first-order chi connectivity index (χ1) is 18.4. The van der Waals surface area contributed by atoms with Gasteiger partial charge >= 0.3 is 0 Å². The second kappa shape index (κ2) is 13.1. The maximum atomic E-state index is 13.1. The molecule has 38 heavy (non-hydrogen) atoms. The first kappa shape index (κ1) is 27.2. The third-order valence-corrected chi connectivity index (χ3v) is 6.96. The van der Waals surface area contributed by atoms with Crippen LogP contribution in [-0.4, -0.2) is 36.9 Å². The van der Waals surface area contributed by atoms with E-state index in [0.717, 1.165) is 31.4 Å². The van der Waals surface area contributed by atoms with Gasteiger partial charge in [-0.25, -0.2) is 0 Å². The number of carbonyl (C=O) groups excluding carboxylic acids is 3. The lowest BCUT2D eigenvalue weighted by Gasteiger charge is -2.23. The maximum Gasteiger partial charge on any atom is 0.258 e. The van der Waals surface area contributed by atoms with Crippen LogP contribution in [0, 0.1) is 0 Å². The van der Waals surface area contributed by atoms with Crippen molar-refractivity contribution < 1.29 is 14.4 Å². The Bertz CT molecular complexity index is 1280. The summed E-state index contributed by atoms with van der Waals surface area (Å²) in [5.41, 5.74) is 2.81. The summed E-state index contributed by atoms with van der Waals surface area (Å²) in [6.07, 6.45) is 5.42. The molecule has 0 bridgehead atoms. The summed E-state index contributed by atoms with van der Waals surface area (Å²) in [6.45, 7) is 2.42. The molecule has 1 fully saturated rings. The van der Waals surface area contributed by atoms with Gasteiger partial charge < -0.3 is 20.9 Å². The molecule has 3 amide bonds. The number of carbonyl (C=O) groups is 3. The number of halogens is 1. The lowest BCUT2D eigenvalue weighted by atomic mass is 9.95. The standard InChI is InChI=1S/C30H33ClN4O3/c1-2-35(25-14-7-4-8-15-25)30(38)21-10-9-13-24(18-21)33-28(36)20-32-23-16-17-27(31)26(19-23)29(37)34-22-11-5-3-6-12-22/h4,7-10,13-19,22,32H,2-3,5-6,11-12,20H2,1H3,(H,33,36)(H,34,37). The quantitative estimate of drug-likeness (QED) is 0.309. The number of hydrogen-bond donors (Lipinski definition) is 3. The van der Waals surface area contributed by atoms with E-state index < -0.39 is 0 Å². The van der Waals surface area contributed by atoms with Crippen LogP contribution in [0.15, 0.2) is 72.8 Å². The van der Waals surface area contributed by atoms with Gasteiger partial charge in [0.1, 0.15) is 0 Å². The van der Waals surface area contributed by atoms with E-state index in [2.05, 4.69) is 16.0 Å². The average Bonchev–Trinajstić information content (AvgIpc) is 2.94. The first-order valence-corrected chi connectivity index (χ1v) is 13.4. The highest BCUT2D eigenvalue weighted by atomic mass is 35.5. The monoisotopic (exact) mass is 532 g/mol. The maximum absolute atomic E-state index is 13.1. The average molecular weight is 533 g/mol. The smallest absolute Gasteiger partial charge is 0.258 e. The molecule has 0 aliphatic heterocycles. The minimum absolute atomic E-state index is 0.0193. The van der Waals surface area contributed by atoms with Crippen LogP contribution in [0.3, 0.4) is 0 Å². The largest absolute Gasteiger partial charge is 0.376 e. The molecule has 3 N–H and O–H groups in total. The second-order valence-corrected chi connectivity index (χ2v) is 9.78. The predicted octanol–water partition coefficient (Wildman–Crippen LogP) is 6.12. The number of hydrogen-bond acceptors (Lipinski definition) is 4. The van der Waals surface area contributed by atoms with Crippen LogP contribution in [0.2, 0.25) is 5.02 Å². The minimum atomic E-state index is -0.284. The number of amides is 3. The van der Waals surface area contributed by atoms with Crippen molar-refractivity contribution in [3.05, 3.63) is 88.9 Å². The van der Waals surface area contributed by atoms with E-state index in [0.29, 0.717) is 34.1 Å². The lowest BCUT2D eigenvalue weighted by Crippen LogP contribution is -2.36. The van der Waals surface area contributed by atoms with Gasteiger partial charge in [0.05, 0.1) is 17.1 Å². The fraction of sp³-hybridized carbons (Fsp3) is 0.300. The van der Waals surface area contributed by atoms with Crippen molar-refractivity contribution >= 4 is 46.4 Å². The van der Waals surface area contributed by atoms with Gasteiger partial charge in [0, 0.05) is 35.2 Å². The summed E-state index contributed by atoms with van der Waals surface area (Å²) in [4.78, 5) is 40.2. The van der Waals surface area contributed by atoms with Gasteiger partial charge in [-0.05, 0) is 68.3 Å². The molecule has 1 saturated carbocycles. The molecule has 0 heterocycles. The fourth-order valence-corrected chi connectivity index (χ4v) is 4.85. The SMILES string of the molecule is CCN(C(=O)c1cccc(NC(=O)CNc2ccc(Cl)c(C(=O)NC3CCCCC3)c2)c1)c1ccccc1. The van der Waals surface area contributed by atoms with E-state index in [4.69, 9.17) is 11.6 Å². The van der Waals surface area contributed by atoms with Gasteiger partial charge in [0.25, 0.3) is 11.8 Å². The molecule has 3 aromatic carbocycles. The summed E-state index contributed by atoms with van der Waals surface area (Å²) >= 11 is 6.29. The highest BCUT2D eigenvalue weighted by Crippen LogP contribution is 2.23. The zero-order valence-corrected chi connectivity index (χ0v) is 22.3. The molecule has 7 nitrogen and oxygen atoms in total. The van der Waals surface area contributed by atoms with Crippen LogP contribution in [0.4, 0.5) is 17.1 Å². The Hall–Kier alpha value is -3.84. The minimum Gasteiger partial charge on any atom is -0.376 e. The highest BCUT2D eigenvalue weighted by Gasteiger charge is 2.19.